The van der Waals surface area contributed by atoms with E-state index < -0.39 is 0 Å². The van der Waals surface area contributed by atoms with E-state index in [1.807, 2.05) is 13.0 Å². The van der Waals surface area contributed by atoms with Gasteiger partial charge in [0.05, 0.1) is 6.04 Å². The van der Waals surface area contributed by atoms with Crippen LogP contribution in [0.15, 0.2) is 29.6 Å². The van der Waals surface area contributed by atoms with Crippen molar-refractivity contribution in [3.63, 3.8) is 0 Å². The Kier molecular flexibility index (Phi) is 4.36. The molecule has 1 atom stereocenters. The average molecular weight is 291 g/mol. The summed E-state index contributed by atoms with van der Waals surface area (Å²) < 4.78 is 0. The van der Waals surface area contributed by atoms with E-state index in [2.05, 4.69) is 4.98 Å². The number of hydrogen-bond acceptors (Lipinski definition) is 5. The minimum absolute atomic E-state index is 0.176. The van der Waals surface area contributed by atoms with E-state index in [0.717, 1.165) is 5.01 Å². The lowest BCUT2D eigenvalue weighted by atomic mass is 10.2. The first-order chi connectivity index (χ1) is 9.49. The van der Waals surface area contributed by atoms with Gasteiger partial charge in [-0.25, -0.2) is 4.98 Å². The van der Waals surface area contributed by atoms with E-state index in [0.29, 0.717) is 17.8 Å². The summed E-state index contributed by atoms with van der Waals surface area (Å²) in [4.78, 5) is 18.0. The number of thiazole rings is 1. The van der Waals surface area contributed by atoms with E-state index in [9.17, 15) is 9.90 Å². The molecule has 0 bridgehead atoms. The third-order valence-corrected chi connectivity index (χ3v) is 3.92. The molecule has 20 heavy (non-hydrogen) atoms. The number of hydrogen-bond donors (Lipinski definition) is 2. The van der Waals surface area contributed by atoms with Crippen LogP contribution in [-0.2, 0) is 6.54 Å². The first-order valence-corrected chi connectivity index (χ1v) is 7.10. The van der Waals surface area contributed by atoms with Crippen molar-refractivity contribution in [3.05, 3.63) is 45.9 Å². The molecule has 0 saturated heterocycles. The quantitative estimate of drug-likeness (QED) is 0.904. The molecular formula is C14H17N3O2S. The summed E-state index contributed by atoms with van der Waals surface area (Å²) in [5.74, 6) is -0.00176. The molecule has 5 nitrogen and oxygen atoms in total. The third kappa shape index (κ3) is 3.15. The maximum absolute atomic E-state index is 12.2. The highest BCUT2D eigenvalue weighted by atomic mass is 32.1. The molecule has 3 N–H and O–H groups in total. The molecule has 2 aromatic rings. The number of nitrogens with two attached hydrogens (primary N) is 1. The van der Waals surface area contributed by atoms with Gasteiger partial charge < -0.3 is 15.7 Å². The molecule has 0 radical (unpaired) electrons. The zero-order chi connectivity index (χ0) is 14.7. The largest absolute Gasteiger partial charge is 0.508 e. The van der Waals surface area contributed by atoms with E-state index in [1.165, 1.54) is 16.2 Å². The lowest BCUT2D eigenvalue weighted by Gasteiger charge is -2.16. The van der Waals surface area contributed by atoms with Gasteiger partial charge in [0.1, 0.15) is 16.5 Å². The van der Waals surface area contributed by atoms with Crippen LogP contribution >= 0.6 is 11.3 Å². The van der Waals surface area contributed by atoms with Gasteiger partial charge in [-0.2, -0.15) is 0 Å². The van der Waals surface area contributed by atoms with Crippen molar-refractivity contribution in [1.82, 2.24) is 9.88 Å². The third-order valence-electron chi connectivity index (χ3n) is 2.88. The molecule has 1 amide bonds. The van der Waals surface area contributed by atoms with Gasteiger partial charge in [-0.3, -0.25) is 4.79 Å². The zero-order valence-corrected chi connectivity index (χ0v) is 12.2. The molecule has 0 fully saturated rings. The average Bonchev–Trinajstić information content (AvgIpc) is 2.90. The summed E-state index contributed by atoms with van der Waals surface area (Å²) >= 11 is 1.38. The number of carbonyl (C=O) groups excluding carboxylic acids is 1. The number of amides is 1. The maximum Gasteiger partial charge on any atom is 0.273 e. The molecule has 0 aliphatic carbocycles. The van der Waals surface area contributed by atoms with Crippen LogP contribution in [0, 0.1) is 0 Å². The van der Waals surface area contributed by atoms with Crippen LogP contribution in [0.3, 0.4) is 0 Å². The highest BCUT2D eigenvalue weighted by Gasteiger charge is 2.17. The SMILES string of the molecule is CC(N)c1nc(C(=O)N(C)Cc2ccccc2O)cs1. The van der Waals surface area contributed by atoms with Crippen molar-refractivity contribution in [2.45, 2.75) is 19.5 Å². The van der Waals surface area contributed by atoms with Crippen molar-refractivity contribution in [2.24, 2.45) is 5.73 Å². The van der Waals surface area contributed by atoms with Gasteiger partial charge in [-0.15, -0.1) is 11.3 Å². The van der Waals surface area contributed by atoms with Crippen molar-refractivity contribution in [1.29, 1.82) is 0 Å². The predicted octanol–water partition coefficient (Wildman–Crippen LogP) is 2.14. The monoisotopic (exact) mass is 291 g/mol. The second-order valence-corrected chi connectivity index (χ2v) is 5.54. The number of rotatable bonds is 4. The van der Waals surface area contributed by atoms with Crippen molar-refractivity contribution >= 4 is 17.2 Å². The van der Waals surface area contributed by atoms with Gasteiger partial charge in [0, 0.05) is 24.5 Å². The number of nitrogens with zero attached hydrogens (tertiary/aromatic N) is 2. The lowest BCUT2D eigenvalue weighted by molar-refractivity contribution is 0.0779. The van der Waals surface area contributed by atoms with E-state index >= 15 is 0 Å². The number of aromatic nitrogens is 1. The highest BCUT2D eigenvalue weighted by Crippen LogP contribution is 2.20. The summed E-state index contributed by atoms with van der Waals surface area (Å²) in [5.41, 5.74) is 6.83. The topological polar surface area (TPSA) is 79.5 Å². The zero-order valence-electron chi connectivity index (χ0n) is 11.4. The Bertz CT molecular complexity index is 610. The Morgan fingerprint density at radius 2 is 2.20 bits per heavy atom. The summed E-state index contributed by atoms with van der Waals surface area (Å²) in [7, 11) is 1.68. The van der Waals surface area contributed by atoms with Crippen molar-refractivity contribution < 1.29 is 9.90 Å². The Hall–Kier alpha value is -1.92. The fourth-order valence-corrected chi connectivity index (χ4v) is 2.51. The van der Waals surface area contributed by atoms with Crippen LogP contribution in [0.5, 0.6) is 5.75 Å². The van der Waals surface area contributed by atoms with Crippen LogP contribution in [-0.4, -0.2) is 27.9 Å². The Labute approximate surface area is 121 Å². The molecule has 0 saturated carbocycles. The maximum atomic E-state index is 12.2. The number of phenols is 1. The van der Waals surface area contributed by atoms with Gasteiger partial charge in [-0.1, -0.05) is 18.2 Å². The smallest absolute Gasteiger partial charge is 0.273 e. The first kappa shape index (κ1) is 14.5. The van der Waals surface area contributed by atoms with Gasteiger partial charge >= 0.3 is 0 Å². The lowest BCUT2D eigenvalue weighted by Crippen LogP contribution is -2.26. The van der Waals surface area contributed by atoms with Crippen LogP contribution in [0.25, 0.3) is 0 Å². The second-order valence-electron chi connectivity index (χ2n) is 4.65. The van der Waals surface area contributed by atoms with Crippen molar-refractivity contribution in [2.75, 3.05) is 7.05 Å². The van der Waals surface area contributed by atoms with E-state index in [1.54, 1.807) is 30.6 Å². The Morgan fingerprint density at radius 1 is 1.50 bits per heavy atom. The Morgan fingerprint density at radius 3 is 2.80 bits per heavy atom. The summed E-state index contributed by atoms with van der Waals surface area (Å²) in [6.07, 6.45) is 0. The van der Waals surface area contributed by atoms with Crippen LogP contribution < -0.4 is 5.73 Å². The van der Waals surface area contributed by atoms with Crippen LogP contribution in [0.1, 0.15) is 34.0 Å². The second kappa shape index (κ2) is 6.02. The van der Waals surface area contributed by atoms with Gasteiger partial charge in [0.25, 0.3) is 5.91 Å². The molecule has 2 rings (SSSR count). The molecule has 1 unspecified atom stereocenters. The van der Waals surface area contributed by atoms with Gasteiger partial charge in [0.15, 0.2) is 0 Å². The molecule has 0 spiro atoms. The highest BCUT2D eigenvalue weighted by molar-refractivity contribution is 7.09. The normalized spacial score (nSPS) is 12.2. The number of phenolic OH excluding ortho intramolecular Hbond substituents is 1. The van der Waals surface area contributed by atoms with E-state index in [-0.39, 0.29) is 17.7 Å². The van der Waals surface area contributed by atoms with Crippen molar-refractivity contribution in [3.8, 4) is 5.75 Å². The van der Waals surface area contributed by atoms with Crippen LogP contribution in [0.4, 0.5) is 0 Å². The molecule has 6 heteroatoms. The summed E-state index contributed by atoms with van der Waals surface area (Å²) in [6, 6.07) is 6.78. The van der Waals surface area contributed by atoms with E-state index in [4.69, 9.17) is 5.73 Å². The summed E-state index contributed by atoms with van der Waals surface area (Å²) in [6.45, 7) is 2.16. The summed E-state index contributed by atoms with van der Waals surface area (Å²) in [5, 5.41) is 12.2. The first-order valence-electron chi connectivity index (χ1n) is 6.22. The number of carbonyl (C=O) groups is 1. The molecular weight excluding hydrogens is 274 g/mol. The number of benzene rings is 1. The minimum atomic E-state index is -0.184. The van der Waals surface area contributed by atoms with Crippen LogP contribution in [0.2, 0.25) is 0 Å². The Balaban J connectivity index is 2.10. The molecule has 0 aliphatic rings. The molecule has 106 valence electrons. The van der Waals surface area contributed by atoms with Gasteiger partial charge in [-0.05, 0) is 13.0 Å². The molecule has 1 aromatic carbocycles. The fraction of sp³-hybridized carbons (Fsp3) is 0.286. The fourth-order valence-electron chi connectivity index (χ4n) is 1.76. The predicted molar refractivity (Wildman–Crippen MR) is 78.6 cm³/mol. The molecule has 0 aliphatic heterocycles. The minimum Gasteiger partial charge on any atom is -0.508 e. The number of para-hydroxylation sites is 1. The molecule has 1 heterocycles. The number of aromatic hydroxyl groups is 1. The standard InChI is InChI=1S/C14H17N3O2S/c1-9(15)13-16-11(8-20-13)14(19)17(2)7-10-5-3-4-6-12(10)18/h3-6,8-9,18H,7,15H2,1-2H3. The van der Waals surface area contributed by atoms with Gasteiger partial charge in [0.2, 0.25) is 0 Å². The molecule has 1 aromatic heterocycles.